The SMILES string of the molecule is O=C1CCN(C(=O)c2cccc(-c3ccc(F)cc3)c2)CCN1Cc1cccnc1. The van der Waals surface area contributed by atoms with Crippen LogP contribution in [0.1, 0.15) is 22.3 Å². The molecule has 30 heavy (non-hydrogen) atoms. The van der Waals surface area contributed by atoms with E-state index in [0.29, 0.717) is 38.2 Å². The maximum atomic E-state index is 13.2. The molecule has 1 aliphatic heterocycles. The van der Waals surface area contributed by atoms with Crippen molar-refractivity contribution in [3.05, 3.63) is 90.0 Å². The molecular formula is C24H22FN3O2. The predicted octanol–water partition coefficient (Wildman–Crippen LogP) is 3.76. The van der Waals surface area contributed by atoms with Crippen LogP contribution in [0.5, 0.6) is 0 Å². The Labute approximate surface area is 174 Å². The minimum absolute atomic E-state index is 0.0363. The number of rotatable bonds is 4. The van der Waals surface area contributed by atoms with Crippen LogP contribution < -0.4 is 0 Å². The number of benzene rings is 2. The van der Waals surface area contributed by atoms with Crippen LogP contribution in [0.25, 0.3) is 11.1 Å². The van der Waals surface area contributed by atoms with E-state index in [1.807, 2.05) is 30.3 Å². The van der Waals surface area contributed by atoms with Gasteiger partial charge in [0.1, 0.15) is 5.82 Å². The van der Waals surface area contributed by atoms with Gasteiger partial charge in [0, 0.05) is 50.6 Å². The third kappa shape index (κ3) is 4.54. The van der Waals surface area contributed by atoms with Gasteiger partial charge in [-0.15, -0.1) is 0 Å². The highest BCUT2D eigenvalue weighted by molar-refractivity contribution is 5.96. The third-order valence-corrected chi connectivity index (χ3v) is 5.26. The van der Waals surface area contributed by atoms with Gasteiger partial charge < -0.3 is 9.80 Å². The van der Waals surface area contributed by atoms with Crippen LogP contribution >= 0.6 is 0 Å². The zero-order valence-corrected chi connectivity index (χ0v) is 16.5. The molecule has 2 heterocycles. The molecule has 0 radical (unpaired) electrons. The van der Waals surface area contributed by atoms with E-state index in [4.69, 9.17) is 0 Å². The third-order valence-electron chi connectivity index (χ3n) is 5.26. The standard InChI is InChI=1S/C24H22FN3O2/c25-22-8-6-19(7-9-22)20-4-1-5-21(15-20)24(30)27-12-10-23(29)28(14-13-27)17-18-3-2-11-26-16-18/h1-9,11,15-16H,10,12-14,17H2. The van der Waals surface area contributed by atoms with Gasteiger partial charge in [-0.1, -0.05) is 30.3 Å². The van der Waals surface area contributed by atoms with Crippen LogP contribution in [0.2, 0.25) is 0 Å². The molecule has 4 rings (SSSR count). The highest BCUT2D eigenvalue weighted by Gasteiger charge is 2.24. The van der Waals surface area contributed by atoms with Crippen molar-refractivity contribution in [1.82, 2.24) is 14.8 Å². The van der Waals surface area contributed by atoms with Crippen molar-refractivity contribution in [3.8, 4) is 11.1 Å². The summed E-state index contributed by atoms with van der Waals surface area (Å²) < 4.78 is 13.2. The van der Waals surface area contributed by atoms with Gasteiger partial charge >= 0.3 is 0 Å². The van der Waals surface area contributed by atoms with E-state index in [-0.39, 0.29) is 17.6 Å². The van der Waals surface area contributed by atoms with Gasteiger partial charge in [0.05, 0.1) is 0 Å². The summed E-state index contributed by atoms with van der Waals surface area (Å²) in [7, 11) is 0. The van der Waals surface area contributed by atoms with Crippen molar-refractivity contribution in [2.75, 3.05) is 19.6 Å². The zero-order chi connectivity index (χ0) is 20.9. The second kappa shape index (κ2) is 8.86. The minimum Gasteiger partial charge on any atom is -0.336 e. The summed E-state index contributed by atoms with van der Waals surface area (Å²) >= 11 is 0. The van der Waals surface area contributed by atoms with E-state index < -0.39 is 0 Å². The van der Waals surface area contributed by atoms with E-state index in [1.54, 1.807) is 40.4 Å². The fourth-order valence-corrected chi connectivity index (χ4v) is 3.61. The van der Waals surface area contributed by atoms with Crippen molar-refractivity contribution in [1.29, 1.82) is 0 Å². The maximum Gasteiger partial charge on any atom is 0.253 e. The van der Waals surface area contributed by atoms with Crippen LogP contribution in [0.3, 0.4) is 0 Å². The number of carbonyl (C=O) groups is 2. The lowest BCUT2D eigenvalue weighted by atomic mass is 10.0. The van der Waals surface area contributed by atoms with Crippen molar-refractivity contribution < 1.29 is 14.0 Å². The molecule has 152 valence electrons. The zero-order valence-electron chi connectivity index (χ0n) is 16.5. The average Bonchev–Trinajstić information content (AvgIpc) is 2.96. The minimum atomic E-state index is -0.295. The highest BCUT2D eigenvalue weighted by Crippen LogP contribution is 2.22. The Morgan fingerprint density at radius 2 is 1.80 bits per heavy atom. The summed E-state index contributed by atoms with van der Waals surface area (Å²) in [4.78, 5) is 33.2. The smallest absolute Gasteiger partial charge is 0.253 e. The lowest BCUT2D eigenvalue weighted by Crippen LogP contribution is -2.35. The molecule has 1 aliphatic rings. The number of halogens is 1. The molecule has 1 fully saturated rings. The van der Waals surface area contributed by atoms with E-state index in [1.165, 1.54) is 12.1 Å². The highest BCUT2D eigenvalue weighted by atomic mass is 19.1. The van der Waals surface area contributed by atoms with Crippen molar-refractivity contribution >= 4 is 11.8 Å². The van der Waals surface area contributed by atoms with Gasteiger partial charge in [-0.05, 0) is 47.0 Å². The van der Waals surface area contributed by atoms with Gasteiger partial charge in [-0.25, -0.2) is 4.39 Å². The van der Waals surface area contributed by atoms with E-state index >= 15 is 0 Å². The lowest BCUT2D eigenvalue weighted by molar-refractivity contribution is -0.130. The molecule has 6 heteroatoms. The molecule has 0 saturated carbocycles. The monoisotopic (exact) mass is 403 g/mol. The number of hydrogen-bond donors (Lipinski definition) is 0. The van der Waals surface area contributed by atoms with Gasteiger partial charge in [0.2, 0.25) is 5.91 Å². The fourth-order valence-electron chi connectivity index (χ4n) is 3.61. The summed E-state index contributed by atoms with van der Waals surface area (Å²) in [5.41, 5.74) is 3.23. The molecule has 0 aliphatic carbocycles. The first-order chi connectivity index (χ1) is 14.6. The Kier molecular flexibility index (Phi) is 5.84. The maximum absolute atomic E-state index is 13.2. The number of amides is 2. The van der Waals surface area contributed by atoms with Crippen LogP contribution in [0.15, 0.2) is 73.1 Å². The lowest BCUT2D eigenvalue weighted by Gasteiger charge is -2.22. The quantitative estimate of drug-likeness (QED) is 0.667. The molecule has 2 aromatic carbocycles. The van der Waals surface area contributed by atoms with Gasteiger partial charge in [-0.3, -0.25) is 14.6 Å². The Hall–Kier alpha value is -3.54. The van der Waals surface area contributed by atoms with Crippen LogP contribution in [-0.2, 0) is 11.3 Å². The normalized spacial score (nSPS) is 14.5. The van der Waals surface area contributed by atoms with Crippen LogP contribution in [0.4, 0.5) is 4.39 Å². The molecular weight excluding hydrogens is 381 g/mol. The summed E-state index contributed by atoms with van der Waals surface area (Å²) in [5.74, 6) is -0.361. The number of nitrogens with zero attached hydrogens (tertiary/aromatic N) is 3. The molecule has 1 aromatic heterocycles. The molecule has 5 nitrogen and oxygen atoms in total. The van der Waals surface area contributed by atoms with Gasteiger partial charge in [0.25, 0.3) is 5.91 Å². The molecule has 3 aromatic rings. The van der Waals surface area contributed by atoms with E-state index in [0.717, 1.165) is 16.7 Å². The van der Waals surface area contributed by atoms with E-state index in [9.17, 15) is 14.0 Å². The number of carbonyl (C=O) groups excluding carboxylic acids is 2. The number of hydrogen-bond acceptors (Lipinski definition) is 3. The summed E-state index contributed by atoms with van der Waals surface area (Å²) in [6, 6.07) is 17.3. The van der Waals surface area contributed by atoms with Gasteiger partial charge in [-0.2, -0.15) is 0 Å². The van der Waals surface area contributed by atoms with Crippen molar-refractivity contribution in [2.45, 2.75) is 13.0 Å². The summed E-state index contributed by atoms with van der Waals surface area (Å²) in [6.45, 7) is 1.85. The van der Waals surface area contributed by atoms with Crippen LogP contribution in [0, 0.1) is 5.82 Å². The first-order valence-electron chi connectivity index (χ1n) is 9.92. The largest absolute Gasteiger partial charge is 0.336 e. The first-order valence-corrected chi connectivity index (χ1v) is 9.92. The van der Waals surface area contributed by atoms with Crippen molar-refractivity contribution in [3.63, 3.8) is 0 Å². The Morgan fingerprint density at radius 3 is 2.57 bits per heavy atom. The number of aromatic nitrogens is 1. The molecule has 0 N–H and O–H groups in total. The Balaban J connectivity index is 1.47. The Morgan fingerprint density at radius 1 is 0.967 bits per heavy atom. The molecule has 2 amide bonds. The average molecular weight is 403 g/mol. The Bertz CT molecular complexity index is 1040. The van der Waals surface area contributed by atoms with Gasteiger partial charge in [0.15, 0.2) is 0 Å². The first kappa shape index (κ1) is 19.8. The predicted molar refractivity (Wildman–Crippen MR) is 112 cm³/mol. The molecule has 1 saturated heterocycles. The van der Waals surface area contributed by atoms with E-state index in [2.05, 4.69) is 4.98 Å². The number of pyridine rings is 1. The molecule has 0 unspecified atom stereocenters. The van der Waals surface area contributed by atoms with Crippen molar-refractivity contribution in [2.24, 2.45) is 0 Å². The molecule has 0 bridgehead atoms. The second-order valence-corrected chi connectivity index (χ2v) is 7.31. The fraction of sp³-hybridized carbons (Fsp3) is 0.208. The summed E-state index contributed by atoms with van der Waals surface area (Å²) in [6.07, 6.45) is 3.75. The second-order valence-electron chi connectivity index (χ2n) is 7.31. The summed E-state index contributed by atoms with van der Waals surface area (Å²) in [5, 5.41) is 0. The molecule has 0 atom stereocenters. The van der Waals surface area contributed by atoms with Crippen LogP contribution in [-0.4, -0.2) is 46.2 Å². The topological polar surface area (TPSA) is 53.5 Å². The molecule has 0 spiro atoms.